The van der Waals surface area contributed by atoms with E-state index in [1.807, 2.05) is 32.0 Å². The molecule has 0 saturated heterocycles. The molecule has 0 spiro atoms. The second-order valence-corrected chi connectivity index (χ2v) is 5.54. The molecule has 0 bridgehead atoms. The highest BCUT2D eigenvalue weighted by atomic mass is 35.5. The van der Waals surface area contributed by atoms with Crippen molar-refractivity contribution < 1.29 is 0 Å². The van der Waals surface area contributed by atoms with Gasteiger partial charge in [0.25, 0.3) is 0 Å². The summed E-state index contributed by atoms with van der Waals surface area (Å²) in [6, 6.07) is 7.66. The topological polar surface area (TPSA) is 24.9 Å². The molecule has 0 saturated carbocycles. The standard InChI is InChI=1S/C14H13Cl3N2/c1-8-5-11(7-18-14(8)17)19-9(2)10-3-4-12(15)13(16)6-10/h3-7,9,19H,1-2H3. The summed E-state index contributed by atoms with van der Waals surface area (Å²) < 4.78 is 0. The fourth-order valence-electron chi connectivity index (χ4n) is 1.75. The van der Waals surface area contributed by atoms with Gasteiger partial charge >= 0.3 is 0 Å². The molecule has 0 radical (unpaired) electrons. The number of benzene rings is 1. The summed E-state index contributed by atoms with van der Waals surface area (Å²) in [5, 5.41) is 4.98. The molecule has 2 nitrogen and oxygen atoms in total. The molecule has 1 heterocycles. The molecule has 5 heteroatoms. The summed E-state index contributed by atoms with van der Waals surface area (Å²) in [4.78, 5) is 4.11. The zero-order valence-electron chi connectivity index (χ0n) is 10.5. The highest BCUT2D eigenvalue weighted by molar-refractivity contribution is 6.42. The molecule has 0 aliphatic carbocycles. The number of pyridine rings is 1. The van der Waals surface area contributed by atoms with Crippen molar-refractivity contribution in [3.05, 3.63) is 56.8 Å². The van der Waals surface area contributed by atoms with E-state index < -0.39 is 0 Å². The number of hydrogen-bond acceptors (Lipinski definition) is 2. The monoisotopic (exact) mass is 314 g/mol. The third kappa shape index (κ3) is 3.53. The van der Waals surface area contributed by atoms with Gasteiger partial charge in [0.05, 0.1) is 21.9 Å². The summed E-state index contributed by atoms with van der Waals surface area (Å²) in [6.45, 7) is 3.97. The van der Waals surface area contributed by atoms with Crippen LogP contribution in [0.15, 0.2) is 30.5 Å². The molecule has 1 unspecified atom stereocenters. The molecule has 100 valence electrons. The lowest BCUT2D eigenvalue weighted by molar-refractivity contribution is 0.882. The van der Waals surface area contributed by atoms with Gasteiger partial charge in [-0.25, -0.2) is 4.98 Å². The number of rotatable bonds is 3. The summed E-state index contributed by atoms with van der Waals surface area (Å²) in [7, 11) is 0. The van der Waals surface area contributed by atoms with E-state index >= 15 is 0 Å². The van der Waals surface area contributed by atoms with Crippen LogP contribution in [0.3, 0.4) is 0 Å². The van der Waals surface area contributed by atoms with Crippen LogP contribution in [0.4, 0.5) is 5.69 Å². The number of halogens is 3. The highest BCUT2D eigenvalue weighted by Crippen LogP contribution is 2.27. The average molecular weight is 316 g/mol. The van der Waals surface area contributed by atoms with Gasteiger partial charge in [0.15, 0.2) is 0 Å². The predicted octanol–water partition coefficient (Wildman–Crippen LogP) is 5.52. The van der Waals surface area contributed by atoms with Crippen molar-refractivity contribution in [2.75, 3.05) is 5.32 Å². The summed E-state index contributed by atoms with van der Waals surface area (Å²) in [5.74, 6) is 0. The molecule has 2 rings (SSSR count). The van der Waals surface area contributed by atoms with Crippen molar-refractivity contribution >= 4 is 40.5 Å². The first kappa shape index (κ1) is 14.4. The lowest BCUT2D eigenvalue weighted by atomic mass is 10.1. The highest BCUT2D eigenvalue weighted by Gasteiger charge is 2.08. The Bertz CT molecular complexity index is 599. The van der Waals surface area contributed by atoms with Gasteiger partial charge < -0.3 is 5.32 Å². The lowest BCUT2D eigenvalue weighted by Gasteiger charge is -2.16. The van der Waals surface area contributed by atoms with Gasteiger partial charge in [-0.2, -0.15) is 0 Å². The Hall–Kier alpha value is -0.960. The van der Waals surface area contributed by atoms with Crippen molar-refractivity contribution in [2.45, 2.75) is 19.9 Å². The Morgan fingerprint density at radius 3 is 2.47 bits per heavy atom. The van der Waals surface area contributed by atoms with Crippen LogP contribution in [-0.4, -0.2) is 4.98 Å². The zero-order valence-corrected chi connectivity index (χ0v) is 12.8. The Morgan fingerprint density at radius 2 is 1.84 bits per heavy atom. The number of nitrogens with zero attached hydrogens (tertiary/aromatic N) is 1. The van der Waals surface area contributed by atoms with E-state index in [4.69, 9.17) is 34.8 Å². The fourth-order valence-corrected chi connectivity index (χ4v) is 2.16. The molecular weight excluding hydrogens is 303 g/mol. The SMILES string of the molecule is Cc1cc(NC(C)c2ccc(Cl)c(Cl)c2)cnc1Cl. The van der Waals surface area contributed by atoms with Crippen LogP contribution in [0.25, 0.3) is 0 Å². The van der Waals surface area contributed by atoms with E-state index in [1.165, 1.54) is 0 Å². The Balaban J connectivity index is 2.17. The summed E-state index contributed by atoms with van der Waals surface area (Å²) in [6.07, 6.45) is 1.71. The molecule has 1 N–H and O–H groups in total. The van der Waals surface area contributed by atoms with Crippen LogP contribution in [0.2, 0.25) is 15.2 Å². The van der Waals surface area contributed by atoms with Crippen molar-refractivity contribution in [2.24, 2.45) is 0 Å². The molecule has 0 amide bonds. The van der Waals surface area contributed by atoms with Crippen molar-refractivity contribution in [1.29, 1.82) is 0 Å². The molecule has 0 fully saturated rings. The van der Waals surface area contributed by atoms with Crippen molar-refractivity contribution in [3.63, 3.8) is 0 Å². The Labute approximate surface area is 127 Å². The van der Waals surface area contributed by atoms with Crippen LogP contribution >= 0.6 is 34.8 Å². The van der Waals surface area contributed by atoms with Crippen LogP contribution in [0.1, 0.15) is 24.1 Å². The van der Waals surface area contributed by atoms with Crippen LogP contribution < -0.4 is 5.32 Å². The largest absolute Gasteiger partial charge is 0.377 e. The molecule has 2 aromatic rings. The van der Waals surface area contributed by atoms with E-state index in [9.17, 15) is 0 Å². The van der Waals surface area contributed by atoms with E-state index in [1.54, 1.807) is 12.3 Å². The van der Waals surface area contributed by atoms with Gasteiger partial charge in [-0.15, -0.1) is 0 Å². The number of hydrogen-bond donors (Lipinski definition) is 1. The second-order valence-electron chi connectivity index (χ2n) is 4.37. The van der Waals surface area contributed by atoms with Gasteiger partial charge in [0, 0.05) is 6.04 Å². The first-order valence-electron chi connectivity index (χ1n) is 5.81. The zero-order chi connectivity index (χ0) is 14.0. The maximum atomic E-state index is 6.02. The third-order valence-corrected chi connectivity index (χ3v) is 3.98. The summed E-state index contributed by atoms with van der Waals surface area (Å²) >= 11 is 17.8. The normalized spacial score (nSPS) is 12.3. The molecule has 0 aliphatic rings. The molecule has 19 heavy (non-hydrogen) atoms. The third-order valence-electron chi connectivity index (χ3n) is 2.84. The number of anilines is 1. The van der Waals surface area contributed by atoms with Crippen molar-refractivity contribution in [3.8, 4) is 0 Å². The van der Waals surface area contributed by atoms with E-state index in [0.29, 0.717) is 15.2 Å². The smallest absolute Gasteiger partial charge is 0.132 e. The minimum atomic E-state index is 0.0946. The number of nitrogens with one attached hydrogen (secondary N) is 1. The summed E-state index contributed by atoms with van der Waals surface area (Å²) in [5.41, 5.74) is 2.91. The van der Waals surface area contributed by atoms with Gasteiger partial charge in [0.1, 0.15) is 5.15 Å². The Morgan fingerprint density at radius 1 is 1.11 bits per heavy atom. The first-order valence-corrected chi connectivity index (χ1v) is 6.94. The second kappa shape index (κ2) is 6.00. The van der Waals surface area contributed by atoms with Crippen LogP contribution in [0, 0.1) is 6.92 Å². The van der Waals surface area contributed by atoms with E-state index in [-0.39, 0.29) is 6.04 Å². The van der Waals surface area contributed by atoms with Crippen molar-refractivity contribution in [1.82, 2.24) is 4.98 Å². The van der Waals surface area contributed by atoms with Crippen LogP contribution in [0.5, 0.6) is 0 Å². The fraction of sp³-hybridized carbons (Fsp3) is 0.214. The number of aromatic nitrogens is 1. The molecule has 1 aromatic heterocycles. The van der Waals surface area contributed by atoms with Gasteiger partial charge in [-0.1, -0.05) is 40.9 Å². The van der Waals surface area contributed by atoms with Gasteiger partial charge in [-0.05, 0) is 43.2 Å². The van der Waals surface area contributed by atoms with Gasteiger partial charge in [0.2, 0.25) is 0 Å². The molecule has 1 aromatic carbocycles. The lowest BCUT2D eigenvalue weighted by Crippen LogP contribution is -2.07. The minimum absolute atomic E-state index is 0.0946. The predicted molar refractivity (Wildman–Crippen MR) is 82.5 cm³/mol. The molecule has 1 atom stereocenters. The number of aryl methyl sites for hydroxylation is 1. The van der Waals surface area contributed by atoms with E-state index in [2.05, 4.69) is 10.3 Å². The van der Waals surface area contributed by atoms with E-state index in [0.717, 1.165) is 16.8 Å². The molecule has 0 aliphatic heterocycles. The minimum Gasteiger partial charge on any atom is -0.377 e. The van der Waals surface area contributed by atoms with Crippen LogP contribution in [-0.2, 0) is 0 Å². The van der Waals surface area contributed by atoms with Gasteiger partial charge in [-0.3, -0.25) is 0 Å². The molecular formula is C14H13Cl3N2. The quantitative estimate of drug-likeness (QED) is 0.754. The maximum Gasteiger partial charge on any atom is 0.132 e. The maximum absolute atomic E-state index is 6.02. The average Bonchev–Trinajstić information content (AvgIpc) is 2.37. The first-order chi connectivity index (χ1) is 8.97. The Kier molecular flexibility index (Phi) is 4.56.